The fourth-order valence-corrected chi connectivity index (χ4v) is 16.8. The molecule has 0 bridgehead atoms. The first-order valence-corrected chi connectivity index (χ1v) is 27.6. The molecule has 1 N–H and O–H groups in total. The van der Waals surface area contributed by atoms with E-state index in [-0.39, 0.29) is 61.1 Å². The Labute approximate surface area is 383 Å². The van der Waals surface area contributed by atoms with Crippen LogP contribution in [0.5, 0.6) is 0 Å². The minimum Gasteiger partial charge on any atom is -0.462 e. The van der Waals surface area contributed by atoms with Gasteiger partial charge in [0, 0.05) is 80.1 Å². The summed E-state index contributed by atoms with van der Waals surface area (Å²) in [6, 6.07) is 22.7. The summed E-state index contributed by atoms with van der Waals surface area (Å²) >= 11 is 0. The minimum atomic E-state index is -1.19. The van der Waals surface area contributed by atoms with Gasteiger partial charge in [-0.25, -0.2) is 0 Å². The number of benzene rings is 2. The molecule has 4 saturated carbocycles. The van der Waals surface area contributed by atoms with E-state index in [9.17, 15) is 4.79 Å². The predicted molar refractivity (Wildman–Crippen MR) is 256 cm³/mol. The Hall–Kier alpha value is -0.271. The van der Waals surface area contributed by atoms with Crippen molar-refractivity contribution in [3.63, 3.8) is 0 Å². The van der Waals surface area contributed by atoms with Gasteiger partial charge in [0.25, 0.3) is 0 Å². The Morgan fingerprint density at radius 1 is 0.621 bits per heavy atom. The van der Waals surface area contributed by atoms with Crippen molar-refractivity contribution in [1.29, 1.82) is 0 Å². The predicted octanol–water partition coefficient (Wildman–Crippen LogP) is 13.4. The quantitative estimate of drug-likeness (QED) is 0.163. The molecule has 1 aliphatic heterocycles. The monoisotopic (exact) mass is 928 g/mol. The molecule has 0 amide bonds. The third-order valence-corrected chi connectivity index (χ3v) is 21.1. The second-order valence-corrected chi connectivity index (χ2v) is 26.3. The number of hydrogen-bond acceptors (Lipinski definition) is 4. The zero-order valence-electron chi connectivity index (χ0n) is 37.1. The molecular weight excluding hydrogens is 836 g/mol. The third kappa shape index (κ3) is 20.3. The molecule has 0 aromatic heterocycles. The fraction of sp³-hybridized carbons (Fsp3) is 0.740. The number of hydrogen-bond donors (Lipinski definition) is 1. The number of carbonyl (C=O) groups is 1. The molecule has 0 radical (unpaired) electrons. The van der Waals surface area contributed by atoms with Gasteiger partial charge in [-0.05, 0) is 103 Å². The Morgan fingerprint density at radius 2 is 1.00 bits per heavy atom. The molecule has 2 aromatic rings. The maximum atomic E-state index is 11.2. The van der Waals surface area contributed by atoms with Gasteiger partial charge in [-0.15, -0.1) is 0 Å². The van der Waals surface area contributed by atoms with Gasteiger partial charge in [0.1, 0.15) is 6.10 Å². The molecule has 7 atom stereocenters. The normalized spacial score (nSPS) is 24.3. The SMILES string of the molecule is C.C.C1CCCC1.C1CCCC1.CC(=O)O[C@H](C)C1CCCC1[P+](C)(C)c1ccccc1.CC1CCCO1.CN[C@H](C)C1CCCC1[P+](C)(C)c1ccccc1.[Fe].[Fe]. The van der Waals surface area contributed by atoms with E-state index in [1.54, 1.807) is 5.30 Å². The summed E-state index contributed by atoms with van der Waals surface area (Å²) in [6.45, 7) is 19.0. The molecule has 5 aliphatic rings. The van der Waals surface area contributed by atoms with Crippen LogP contribution in [0.3, 0.4) is 0 Å². The van der Waals surface area contributed by atoms with Gasteiger partial charge in [-0.3, -0.25) is 4.79 Å². The first-order valence-electron chi connectivity index (χ1n) is 22.1. The van der Waals surface area contributed by atoms with Crippen molar-refractivity contribution >= 4 is 31.1 Å². The van der Waals surface area contributed by atoms with Gasteiger partial charge in [0.15, 0.2) is 0 Å². The summed E-state index contributed by atoms with van der Waals surface area (Å²) in [5.41, 5.74) is 1.58. The standard InChI is InChI=1S/C17H26O2P.C16H27NP.C5H10O.2C5H10.2CH4.2Fe/c1-13(19-14(2)18)16-11-8-12-17(16)20(3,4)15-9-6-5-7-10-15;1-13(17-2)15-11-8-12-16(15)18(3,4)14-9-6-5-7-10-14;1-5-3-2-4-6-5;2*1-2-4-5-3-1;;;;/h5-7,9-10,13,16-17H,8,11-12H2,1-4H3;5-7,9-10,13,15-17H,8,11-12H2,1-4H3;5H,2-4H2,1H3;2*1-5H2;2*1H4;;/q2*+1;;;;;;;/t13-,16?,17?;13-,15?,16?;;;;;;;/m11......./s1. The van der Waals surface area contributed by atoms with Crippen LogP contribution in [0.25, 0.3) is 0 Å². The van der Waals surface area contributed by atoms with Crippen molar-refractivity contribution < 1.29 is 48.4 Å². The van der Waals surface area contributed by atoms with E-state index < -0.39 is 14.5 Å². The maximum absolute atomic E-state index is 11.2. The Balaban J connectivity index is 0. The van der Waals surface area contributed by atoms with Gasteiger partial charge in [0.2, 0.25) is 0 Å². The number of carbonyl (C=O) groups excluding carboxylic acids is 1. The first kappa shape index (κ1) is 59.8. The van der Waals surface area contributed by atoms with Gasteiger partial charge in [-0.1, -0.05) is 115 Å². The molecule has 4 aliphatic carbocycles. The molecule has 58 heavy (non-hydrogen) atoms. The van der Waals surface area contributed by atoms with Crippen LogP contribution >= 0.6 is 14.5 Å². The van der Waals surface area contributed by atoms with Crippen LogP contribution in [0.2, 0.25) is 0 Å². The number of esters is 1. The largest absolute Gasteiger partial charge is 0.462 e. The van der Waals surface area contributed by atoms with Crippen LogP contribution < -0.4 is 15.9 Å². The molecule has 0 spiro atoms. The Bertz CT molecular complexity index is 1240. The van der Waals surface area contributed by atoms with Crippen LogP contribution in [0.1, 0.15) is 158 Å². The Morgan fingerprint density at radius 3 is 1.31 bits per heavy atom. The first-order chi connectivity index (χ1) is 25.9. The molecule has 5 fully saturated rings. The zero-order valence-corrected chi connectivity index (χ0v) is 41.1. The van der Waals surface area contributed by atoms with E-state index in [1.807, 2.05) is 0 Å². The number of ether oxygens (including phenoxy) is 2. The van der Waals surface area contributed by atoms with E-state index in [4.69, 9.17) is 9.47 Å². The zero-order chi connectivity index (χ0) is 39.4. The van der Waals surface area contributed by atoms with Crippen LogP contribution in [-0.4, -0.2) is 75.9 Å². The molecule has 1 saturated heterocycles. The molecular formula is C50H91Fe2NO3P2+2. The second kappa shape index (κ2) is 32.4. The van der Waals surface area contributed by atoms with Crippen molar-refractivity contribution in [2.24, 2.45) is 11.8 Å². The van der Waals surface area contributed by atoms with Gasteiger partial charge in [0.05, 0.1) is 54.7 Å². The van der Waals surface area contributed by atoms with Crippen molar-refractivity contribution in [2.75, 3.05) is 40.3 Å². The molecule has 4 nitrogen and oxygen atoms in total. The van der Waals surface area contributed by atoms with Gasteiger partial charge < -0.3 is 14.8 Å². The minimum absolute atomic E-state index is 0. The maximum Gasteiger partial charge on any atom is 0.302 e. The van der Waals surface area contributed by atoms with Crippen LogP contribution in [-0.2, 0) is 48.4 Å². The molecule has 2 aromatic carbocycles. The van der Waals surface area contributed by atoms with E-state index in [2.05, 4.69) is 120 Å². The topological polar surface area (TPSA) is 47.6 Å². The number of nitrogens with one attached hydrogen (secondary N) is 1. The van der Waals surface area contributed by atoms with Crippen LogP contribution in [0.4, 0.5) is 0 Å². The molecule has 8 heteroatoms. The summed E-state index contributed by atoms with van der Waals surface area (Å²) in [4.78, 5) is 11.2. The van der Waals surface area contributed by atoms with Crippen molar-refractivity contribution in [3.8, 4) is 0 Å². The summed E-state index contributed by atoms with van der Waals surface area (Å²) < 4.78 is 10.6. The van der Waals surface area contributed by atoms with Gasteiger partial charge in [-0.2, -0.15) is 0 Å². The number of rotatable bonds is 8. The second-order valence-electron chi connectivity index (χ2n) is 17.8. The summed E-state index contributed by atoms with van der Waals surface area (Å²) in [5.74, 6) is 1.22. The summed E-state index contributed by atoms with van der Waals surface area (Å²) in [7, 11) is -0.0878. The average molecular weight is 928 g/mol. The molecule has 5 unspecified atom stereocenters. The Kier molecular flexibility index (Phi) is 33.4. The molecule has 7 rings (SSSR count). The van der Waals surface area contributed by atoms with Crippen LogP contribution in [0, 0.1) is 11.8 Å². The van der Waals surface area contributed by atoms with Crippen molar-refractivity contribution in [3.05, 3.63) is 60.7 Å². The van der Waals surface area contributed by atoms with E-state index in [0.29, 0.717) is 23.7 Å². The summed E-state index contributed by atoms with van der Waals surface area (Å²) in [5, 5.41) is 6.57. The van der Waals surface area contributed by atoms with Crippen LogP contribution in [0.15, 0.2) is 60.7 Å². The van der Waals surface area contributed by atoms with Crippen molar-refractivity contribution in [2.45, 2.75) is 188 Å². The molecule has 1 heterocycles. The van der Waals surface area contributed by atoms with E-state index >= 15 is 0 Å². The fourth-order valence-electron chi connectivity index (χ4n) is 9.75. The average Bonchev–Trinajstić information content (AvgIpc) is 4.03. The van der Waals surface area contributed by atoms with E-state index in [1.165, 1.54) is 128 Å². The van der Waals surface area contributed by atoms with E-state index in [0.717, 1.165) is 18.2 Å². The molecule has 338 valence electrons. The third-order valence-electron chi connectivity index (χ3n) is 13.3. The van der Waals surface area contributed by atoms with Crippen molar-refractivity contribution in [1.82, 2.24) is 5.32 Å². The smallest absolute Gasteiger partial charge is 0.302 e. The summed E-state index contributed by atoms with van der Waals surface area (Å²) in [6.07, 6.45) is 26.1. The van der Waals surface area contributed by atoms with Gasteiger partial charge >= 0.3 is 5.97 Å².